The maximum absolute atomic E-state index is 14.1. The lowest BCUT2D eigenvalue weighted by molar-refractivity contribution is 0.598. The lowest BCUT2D eigenvalue weighted by Crippen LogP contribution is -2.04. The van der Waals surface area contributed by atoms with E-state index in [1.54, 1.807) is 12.3 Å². The first kappa shape index (κ1) is 13.3. The molecule has 96 valence electrons. The Morgan fingerprint density at radius 2 is 2.11 bits per heavy atom. The molecule has 0 saturated heterocycles. The predicted octanol–water partition coefficient (Wildman–Crippen LogP) is 4.06. The van der Waals surface area contributed by atoms with Gasteiger partial charge in [0.05, 0.1) is 16.9 Å². The number of rotatable bonds is 4. The summed E-state index contributed by atoms with van der Waals surface area (Å²) in [5.41, 5.74) is 1.18. The highest BCUT2D eigenvalue weighted by molar-refractivity contribution is 6.30. The quantitative estimate of drug-likeness (QED) is 0.849. The van der Waals surface area contributed by atoms with Crippen LogP contribution in [0.15, 0.2) is 18.3 Å². The van der Waals surface area contributed by atoms with Gasteiger partial charge in [-0.25, -0.2) is 9.07 Å². The molecule has 3 nitrogen and oxygen atoms in total. The lowest BCUT2D eigenvalue weighted by atomic mass is 10.1. The summed E-state index contributed by atoms with van der Waals surface area (Å²) in [7, 11) is 0. The fourth-order valence-electron chi connectivity index (χ4n) is 1.75. The van der Waals surface area contributed by atoms with Crippen LogP contribution in [0.4, 0.5) is 4.39 Å². The summed E-state index contributed by atoms with van der Waals surface area (Å²) in [6, 6.07) is 3.23. The smallest absolute Gasteiger partial charge is 0.171 e. The molecule has 2 aromatic rings. The molecule has 1 heterocycles. The minimum Gasteiger partial charge on any atom is -0.219 e. The second kappa shape index (κ2) is 5.67. The van der Waals surface area contributed by atoms with E-state index < -0.39 is 5.82 Å². The molecule has 0 aliphatic rings. The van der Waals surface area contributed by atoms with E-state index in [1.165, 1.54) is 10.7 Å². The highest BCUT2D eigenvalue weighted by Gasteiger charge is 2.14. The maximum atomic E-state index is 14.1. The molecule has 0 spiro atoms. The molecule has 0 aliphatic heterocycles. The first-order valence-corrected chi connectivity index (χ1v) is 6.44. The van der Waals surface area contributed by atoms with Crippen molar-refractivity contribution in [2.75, 3.05) is 0 Å². The number of halogens is 3. The Morgan fingerprint density at radius 1 is 1.33 bits per heavy atom. The summed E-state index contributed by atoms with van der Waals surface area (Å²) in [6.45, 7) is 2.05. The monoisotopic (exact) mass is 287 g/mol. The SMILES string of the molecule is CCCCc1c(-n2cc(Cl)nn2)ccc(Cl)c1F. The Labute approximate surface area is 115 Å². The number of nitrogens with zero attached hydrogens (tertiary/aromatic N) is 3. The van der Waals surface area contributed by atoms with Gasteiger partial charge in [0, 0.05) is 5.56 Å². The molecule has 0 unspecified atom stereocenters. The van der Waals surface area contributed by atoms with Crippen molar-refractivity contribution in [1.82, 2.24) is 15.0 Å². The highest BCUT2D eigenvalue weighted by atomic mass is 35.5. The summed E-state index contributed by atoms with van der Waals surface area (Å²) in [5.74, 6) is -0.394. The fourth-order valence-corrected chi connectivity index (χ4v) is 2.05. The van der Waals surface area contributed by atoms with E-state index in [1.807, 2.05) is 0 Å². The standard InChI is InChI=1S/C12H12Cl2FN3/c1-2-3-4-8-10(6-5-9(13)12(8)15)18-7-11(14)16-17-18/h5-7H,2-4H2,1H3. The van der Waals surface area contributed by atoms with Gasteiger partial charge in [0.1, 0.15) is 5.82 Å². The van der Waals surface area contributed by atoms with E-state index in [0.717, 1.165) is 12.8 Å². The zero-order valence-electron chi connectivity index (χ0n) is 9.83. The average Bonchev–Trinajstić information content (AvgIpc) is 2.77. The molecule has 0 N–H and O–H groups in total. The summed E-state index contributed by atoms with van der Waals surface area (Å²) < 4.78 is 15.5. The second-order valence-corrected chi connectivity index (χ2v) is 4.74. The first-order valence-electron chi connectivity index (χ1n) is 5.68. The summed E-state index contributed by atoms with van der Waals surface area (Å²) in [4.78, 5) is 0. The molecule has 0 atom stereocenters. The second-order valence-electron chi connectivity index (χ2n) is 3.95. The molecule has 18 heavy (non-hydrogen) atoms. The number of aromatic nitrogens is 3. The third-order valence-corrected chi connectivity index (χ3v) is 3.13. The maximum Gasteiger partial charge on any atom is 0.171 e. The first-order chi connectivity index (χ1) is 8.63. The van der Waals surface area contributed by atoms with Crippen LogP contribution in [-0.4, -0.2) is 15.0 Å². The molecule has 0 bridgehead atoms. The normalized spacial score (nSPS) is 10.9. The zero-order chi connectivity index (χ0) is 13.1. The minimum atomic E-state index is -0.394. The molecule has 0 saturated carbocycles. The van der Waals surface area contributed by atoms with Gasteiger partial charge in [0.2, 0.25) is 0 Å². The zero-order valence-corrected chi connectivity index (χ0v) is 11.3. The average molecular weight is 288 g/mol. The fraction of sp³-hybridized carbons (Fsp3) is 0.333. The van der Waals surface area contributed by atoms with Crippen LogP contribution in [0.2, 0.25) is 10.2 Å². The molecule has 1 aromatic carbocycles. The van der Waals surface area contributed by atoms with Crippen LogP contribution in [0.1, 0.15) is 25.3 Å². The number of unbranched alkanes of at least 4 members (excludes halogenated alkanes) is 1. The van der Waals surface area contributed by atoms with Crippen molar-refractivity contribution in [1.29, 1.82) is 0 Å². The van der Waals surface area contributed by atoms with Crippen molar-refractivity contribution in [3.05, 3.63) is 39.9 Å². The van der Waals surface area contributed by atoms with Crippen LogP contribution in [0.3, 0.4) is 0 Å². The van der Waals surface area contributed by atoms with Crippen molar-refractivity contribution in [3.8, 4) is 5.69 Å². The van der Waals surface area contributed by atoms with Crippen molar-refractivity contribution in [2.24, 2.45) is 0 Å². The Hall–Kier alpha value is -1.13. The van der Waals surface area contributed by atoms with Crippen molar-refractivity contribution < 1.29 is 4.39 Å². The van der Waals surface area contributed by atoms with Gasteiger partial charge in [0.15, 0.2) is 5.15 Å². The van der Waals surface area contributed by atoms with Crippen LogP contribution >= 0.6 is 23.2 Å². The van der Waals surface area contributed by atoms with Crippen LogP contribution in [0.25, 0.3) is 5.69 Å². The molecule has 1 aromatic heterocycles. The van der Waals surface area contributed by atoms with Gasteiger partial charge >= 0.3 is 0 Å². The minimum absolute atomic E-state index is 0.121. The Kier molecular flexibility index (Phi) is 4.19. The van der Waals surface area contributed by atoms with Crippen molar-refractivity contribution >= 4 is 23.2 Å². The van der Waals surface area contributed by atoms with Gasteiger partial charge in [-0.05, 0) is 25.0 Å². The van der Waals surface area contributed by atoms with E-state index in [9.17, 15) is 4.39 Å². The van der Waals surface area contributed by atoms with E-state index in [4.69, 9.17) is 23.2 Å². The molecular weight excluding hydrogens is 276 g/mol. The molecular formula is C12H12Cl2FN3. The van der Waals surface area contributed by atoms with E-state index in [-0.39, 0.29) is 10.2 Å². The largest absolute Gasteiger partial charge is 0.219 e. The van der Waals surface area contributed by atoms with Crippen LogP contribution in [0, 0.1) is 5.82 Å². The topological polar surface area (TPSA) is 30.7 Å². The molecule has 0 radical (unpaired) electrons. The van der Waals surface area contributed by atoms with Gasteiger partial charge in [-0.3, -0.25) is 0 Å². The molecule has 0 fully saturated rings. The van der Waals surface area contributed by atoms with Crippen LogP contribution in [0.5, 0.6) is 0 Å². The van der Waals surface area contributed by atoms with Crippen molar-refractivity contribution in [2.45, 2.75) is 26.2 Å². The third-order valence-electron chi connectivity index (χ3n) is 2.66. The van der Waals surface area contributed by atoms with E-state index >= 15 is 0 Å². The van der Waals surface area contributed by atoms with Gasteiger partial charge in [-0.15, -0.1) is 5.10 Å². The third kappa shape index (κ3) is 2.65. The number of benzene rings is 1. The summed E-state index contributed by atoms with van der Waals surface area (Å²) in [6.07, 6.45) is 4.01. The predicted molar refractivity (Wildman–Crippen MR) is 69.9 cm³/mol. The summed E-state index contributed by atoms with van der Waals surface area (Å²) >= 11 is 11.5. The molecule has 2 rings (SSSR count). The molecule has 0 aliphatic carbocycles. The number of hydrogen-bond acceptors (Lipinski definition) is 2. The van der Waals surface area contributed by atoms with Gasteiger partial charge in [0.25, 0.3) is 0 Å². The van der Waals surface area contributed by atoms with Gasteiger partial charge < -0.3 is 0 Å². The summed E-state index contributed by atoms with van der Waals surface area (Å²) in [5, 5.41) is 7.93. The number of hydrogen-bond donors (Lipinski definition) is 0. The highest BCUT2D eigenvalue weighted by Crippen LogP contribution is 2.26. The van der Waals surface area contributed by atoms with E-state index in [2.05, 4.69) is 17.2 Å². The Morgan fingerprint density at radius 3 is 2.72 bits per heavy atom. The van der Waals surface area contributed by atoms with Gasteiger partial charge in [-0.2, -0.15) is 0 Å². The molecule has 6 heteroatoms. The van der Waals surface area contributed by atoms with Crippen LogP contribution in [-0.2, 0) is 6.42 Å². The Balaban J connectivity index is 2.49. The Bertz CT molecular complexity index is 554. The molecule has 0 amide bonds. The van der Waals surface area contributed by atoms with Gasteiger partial charge in [-0.1, -0.05) is 41.8 Å². The van der Waals surface area contributed by atoms with Crippen molar-refractivity contribution in [3.63, 3.8) is 0 Å². The van der Waals surface area contributed by atoms with E-state index in [0.29, 0.717) is 17.7 Å². The lowest BCUT2D eigenvalue weighted by Gasteiger charge is -2.10. The van der Waals surface area contributed by atoms with Crippen LogP contribution < -0.4 is 0 Å².